The number of carbonyl (C=O) groups is 2. The Morgan fingerprint density at radius 2 is 2.03 bits per heavy atom. The quantitative estimate of drug-likeness (QED) is 0.646. The number of fused-ring (bicyclic) bond motifs is 1. The minimum Gasteiger partial charge on any atom is -0.494 e. The molecule has 1 aliphatic heterocycles. The van der Waals surface area contributed by atoms with Gasteiger partial charge in [-0.3, -0.25) is 9.69 Å². The molecule has 2 amide bonds. The zero-order valence-electron chi connectivity index (χ0n) is 18.7. The zero-order valence-corrected chi connectivity index (χ0v) is 18.7. The maximum absolute atomic E-state index is 12.5. The van der Waals surface area contributed by atoms with E-state index >= 15 is 0 Å². The minimum atomic E-state index is -0.458. The number of nitrogens with one attached hydrogen (secondary N) is 1. The van der Waals surface area contributed by atoms with Crippen molar-refractivity contribution in [2.24, 2.45) is 0 Å². The first-order valence-electron chi connectivity index (χ1n) is 10.6. The van der Waals surface area contributed by atoms with Gasteiger partial charge in [0.2, 0.25) is 0 Å². The number of para-hydroxylation sites is 2. The van der Waals surface area contributed by atoms with E-state index in [4.69, 9.17) is 14.6 Å². The number of ether oxygens (including phenoxy) is 2. The molecule has 0 atom stereocenters. The molecule has 9 nitrogen and oxygen atoms in total. The Labute approximate surface area is 182 Å². The summed E-state index contributed by atoms with van der Waals surface area (Å²) in [7, 11) is 3.34. The molecule has 0 aliphatic carbocycles. The number of benzene rings is 1. The van der Waals surface area contributed by atoms with Gasteiger partial charge in [-0.15, -0.1) is 0 Å². The van der Waals surface area contributed by atoms with E-state index in [0.29, 0.717) is 6.54 Å². The fourth-order valence-electron chi connectivity index (χ4n) is 3.73. The van der Waals surface area contributed by atoms with E-state index < -0.39 is 5.97 Å². The van der Waals surface area contributed by atoms with E-state index in [-0.39, 0.29) is 19.2 Å². The SMILES string of the molecule is CCOC(=O)CNC(=O)N(C)Cc1nn(-c2ccccc2OC)c2c1CN(CC)CC2. The molecule has 0 saturated carbocycles. The average Bonchev–Trinajstić information content (AvgIpc) is 3.14. The third kappa shape index (κ3) is 5.16. The molecule has 31 heavy (non-hydrogen) atoms. The highest BCUT2D eigenvalue weighted by atomic mass is 16.5. The maximum Gasteiger partial charge on any atom is 0.325 e. The molecule has 0 fully saturated rings. The molecule has 0 radical (unpaired) electrons. The van der Waals surface area contributed by atoms with E-state index in [1.165, 1.54) is 4.90 Å². The van der Waals surface area contributed by atoms with E-state index in [0.717, 1.165) is 54.4 Å². The third-order valence-electron chi connectivity index (χ3n) is 5.40. The summed E-state index contributed by atoms with van der Waals surface area (Å²) in [5.41, 5.74) is 4.01. The summed E-state index contributed by atoms with van der Waals surface area (Å²) in [4.78, 5) is 27.9. The fourth-order valence-corrected chi connectivity index (χ4v) is 3.73. The first-order chi connectivity index (χ1) is 15.0. The highest BCUT2D eigenvalue weighted by Gasteiger charge is 2.27. The van der Waals surface area contributed by atoms with Gasteiger partial charge in [0, 0.05) is 32.1 Å². The van der Waals surface area contributed by atoms with E-state index in [2.05, 4.69) is 17.1 Å². The number of amides is 2. The van der Waals surface area contributed by atoms with Gasteiger partial charge in [0.25, 0.3) is 0 Å². The number of aromatic nitrogens is 2. The molecule has 9 heteroatoms. The molecular formula is C22H31N5O4. The number of esters is 1. The molecular weight excluding hydrogens is 398 g/mol. The largest absolute Gasteiger partial charge is 0.494 e. The first-order valence-corrected chi connectivity index (χ1v) is 10.6. The summed E-state index contributed by atoms with van der Waals surface area (Å²) in [6.45, 7) is 7.02. The molecule has 2 aromatic rings. The van der Waals surface area contributed by atoms with Gasteiger partial charge in [0.15, 0.2) is 0 Å². The van der Waals surface area contributed by atoms with Crippen LogP contribution in [-0.4, -0.2) is 72.0 Å². The lowest BCUT2D eigenvalue weighted by Gasteiger charge is -2.27. The van der Waals surface area contributed by atoms with Crippen LogP contribution in [0, 0.1) is 0 Å². The van der Waals surface area contributed by atoms with Gasteiger partial charge in [-0.2, -0.15) is 5.10 Å². The van der Waals surface area contributed by atoms with Gasteiger partial charge in [-0.05, 0) is 25.6 Å². The lowest BCUT2D eigenvalue weighted by Crippen LogP contribution is -2.40. The number of likely N-dealkylation sites (N-methyl/N-ethyl adjacent to an activating group) is 1. The summed E-state index contributed by atoms with van der Waals surface area (Å²) in [6, 6.07) is 7.44. The number of nitrogens with zero attached hydrogens (tertiary/aromatic N) is 4. The molecule has 168 valence electrons. The molecule has 0 unspecified atom stereocenters. The molecule has 1 N–H and O–H groups in total. The molecule has 1 aromatic carbocycles. The Bertz CT molecular complexity index is 927. The normalized spacial score (nSPS) is 13.4. The predicted octanol–water partition coefficient (Wildman–Crippen LogP) is 1.96. The second-order valence-electron chi connectivity index (χ2n) is 7.39. The van der Waals surface area contributed by atoms with Gasteiger partial charge in [0.1, 0.15) is 18.0 Å². The predicted molar refractivity (Wildman–Crippen MR) is 116 cm³/mol. The van der Waals surface area contributed by atoms with Crippen LogP contribution in [0.2, 0.25) is 0 Å². The van der Waals surface area contributed by atoms with Crippen molar-refractivity contribution in [3.63, 3.8) is 0 Å². The van der Waals surface area contributed by atoms with Gasteiger partial charge in [0.05, 0.1) is 31.6 Å². The number of methoxy groups -OCH3 is 1. The van der Waals surface area contributed by atoms with Crippen LogP contribution in [0.1, 0.15) is 30.8 Å². The molecule has 0 saturated heterocycles. The monoisotopic (exact) mass is 429 g/mol. The smallest absolute Gasteiger partial charge is 0.325 e. The first kappa shape index (κ1) is 22.6. The van der Waals surface area contributed by atoms with Gasteiger partial charge in [-0.25, -0.2) is 9.48 Å². The zero-order chi connectivity index (χ0) is 22.4. The van der Waals surface area contributed by atoms with E-state index in [1.54, 1.807) is 21.1 Å². The Hall–Kier alpha value is -3.07. The molecule has 1 aliphatic rings. The fraction of sp³-hybridized carbons (Fsp3) is 0.500. The van der Waals surface area contributed by atoms with Crippen LogP contribution in [0.4, 0.5) is 4.79 Å². The third-order valence-corrected chi connectivity index (χ3v) is 5.40. The van der Waals surface area contributed by atoms with Crippen LogP contribution in [0.3, 0.4) is 0 Å². The van der Waals surface area contributed by atoms with Crippen molar-refractivity contribution in [3.8, 4) is 11.4 Å². The Morgan fingerprint density at radius 1 is 1.26 bits per heavy atom. The average molecular weight is 430 g/mol. The number of hydrogen-bond acceptors (Lipinski definition) is 6. The highest BCUT2D eigenvalue weighted by Crippen LogP contribution is 2.30. The topological polar surface area (TPSA) is 88.9 Å². The van der Waals surface area contributed by atoms with Gasteiger partial charge in [-0.1, -0.05) is 19.1 Å². The van der Waals surface area contributed by atoms with Crippen molar-refractivity contribution in [2.75, 3.05) is 40.4 Å². The van der Waals surface area contributed by atoms with Crippen LogP contribution >= 0.6 is 0 Å². The standard InChI is InChI=1S/C22H31N5O4/c1-5-26-12-11-18-16(14-26)17(15-25(3)22(29)23-13-21(28)31-6-2)24-27(18)19-9-7-8-10-20(19)30-4/h7-10H,5-6,11-15H2,1-4H3,(H,23,29). The highest BCUT2D eigenvalue weighted by molar-refractivity contribution is 5.80. The summed E-state index contributed by atoms with van der Waals surface area (Å²) in [6.07, 6.45) is 0.868. The molecule has 0 bridgehead atoms. The summed E-state index contributed by atoms with van der Waals surface area (Å²) in [5.74, 6) is 0.290. The van der Waals surface area contributed by atoms with Gasteiger partial charge < -0.3 is 19.7 Å². The lowest BCUT2D eigenvalue weighted by molar-refractivity contribution is -0.141. The van der Waals surface area contributed by atoms with Crippen molar-refractivity contribution in [2.45, 2.75) is 33.4 Å². The van der Waals surface area contributed by atoms with Crippen molar-refractivity contribution in [1.29, 1.82) is 0 Å². The van der Waals surface area contributed by atoms with E-state index in [1.807, 2.05) is 28.9 Å². The molecule has 1 aromatic heterocycles. The lowest BCUT2D eigenvalue weighted by atomic mass is 10.0. The molecule has 0 spiro atoms. The summed E-state index contributed by atoms with van der Waals surface area (Å²) >= 11 is 0. The number of hydrogen-bond donors (Lipinski definition) is 1. The van der Waals surface area contributed by atoms with Crippen LogP contribution in [0.5, 0.6) is 5.75 Å². The second kappa shape index (κ2) is 10.3. The van der Waals surface area contributed by atoms with Crippen molar-refractivity contribution < 1.29 is 19.1 Å². The Kier molecular flexibility index (Phi) is 7.51. The number of carbonyl (C=O) groups excluding carboxylic acids is 2. The van der Waals surface area contributed by atoms with Crippen LogP contribution < -0.4 is 10.1 Å². The van der Waals surface area contributed by atoms with Crippen LogP contribution in [0.15, 0.2) is 24.3 Å². The summed E-state index contributed by atoms with van der Waals surface area (Å²) in [5, 5.41) is 7.47. The van der Waals surface area contributed by atoms with Crippen molar-refractivity contribution >= 4 is 12.0 Å². The van der Waals surface area contributed by atoms with Crippen molar-refractivity contribution in [3.05, 3.63) is 41.2 Å². The van der Waals surface area contributed by atoms with Crippen LogP contribution in [0.25, 0.3) is 5.69 Å². The molecule has 3 rings (SSSR count). The maximum atomic E-state index is 12.5. The second-order valence-corrected chi connectivity index (χ2v) is 7.39. The minimum absolute atomic E-state index is 0.158. The Morgan fingerprint density at radius 3 is 2.74 bits per heavy atom. The summed E-state index contributed by atoms with van der Waals surface area (Å²) < 4.78 is 12.3. The number of urea groups is 1. The number of rotatable bonds is 8. The van der Waals surface area contributed by atoms with Crippen molar-refractivity contribution in [1.82, 2.24) is 24.9 Å². The Balaban J connectivity index is 1.85. The van der Waals surface area contributed by atoms with Crippen LogP contribution in [-0.2, 0) is 29.0 Å². The molecule has 2 heterocycles. The van der Waals surface area contributed by atoms with E-state index in [9.17, 15) is 9.59 Å². The van der Waals surface area contributed by atoms with Gasteiger partial charge >= 0.3 is 12.0 Å².